The zero-order valence-electron chi connectivity index (χ0n) is 14.5. The van der Waals surface area contributed by atoms with Crippen LogP contribution in [0.2, 0.25) is 0 Å². The van der Waals surface area contributed by atoms with Crippen LogP contribution in [-0.2, 0) is 4.79 Å². The summed E-state index contributed by atoms with van der Waals surface area (Å²) in [6.45, 7) is 6.14. The lowest BCUT2D eigenvalue weighted by Gasteiger charge is -2.34. The fraction of sp³-hybridized carbons (Fsp3) is 0.471. The monoisotopic (exact) mass is 356 g/mol. The molecule has 0 saturated carbocycles. The second-order valence-electron chi connectivity index (χ2n) is 5.86. The van der Waals surface area contributed by atoms with Crippen molar-refractivity contribution in [3.05, 3.63) is 22.6 Å². The topological polar surface area (TPSA) is 83.9 Å². The van der Waals surface area contributed by atoms with E-state index in [1.54, 1.807) is 6.92 Å². The molecule has 1 saturated heterocycles. The van der Waals surface area contributed by atoms with E-state index < -0.39 is 0 Å². The zero-order valence-corrected chi connectivity index (χ0v) is 15.4. The minimum atomic E-state index is -0.141. The van der Waals surface area contributed by atoms with Crippen molar-refractivity contribution in [2.45, 2.75) is 46.1 Å². The third-order valence-corrected chi connectivity index (χ3v) is 4.71. The van der Waals surface area contributed by atoms with Gasteiger partial charge in [0, 0.05) is 12.6 Å². The molecule has 1 N–H and O–H groups in total. The summed E-state index contributed by atoms with van der Waals surface area (Å²) in [5.74, 6) is 6.52. The van der Waals surface area contributed by atoms with E-state index in [0.29, 0.717) is 23.3 Å². The molecular weight excluding hydrogens is 336 g/mol. The molecule has 1 fully saturated rings. The van der Waals surface area contributed by atoms with Crippen LogP contribution in [0.1, 0.15) is 48.8 Å². The van der Waals surface area contributed by atoms with Gasteiger partial charge in [0.05, 0.1) is 11.7 Å². The third-order valence-electron chi connectivity index (χ3n) is 3.96. The van der Waals surface area contributed by atoms with E-state index in [-0.39, 0.29) is 11.9 Å². The summed E-state index contributed by atoms with van der Waals surface area (Å²) >= 11 is 1.47. The molecule has 2 aromatic rings. The average molecular weight is 356 g/mol. The van der Waals surface area contributed by atoms with Crippen LogP contribution in [0, 0.1) is 25.7 Å². The molecule has 25 heavy (non-hydrogen) atoms. The number of anilines is 2. The second kappa shape index (κ2) is 7.57. The molecule has 3 rings (SSSR count). The maximum Gasteiger partial charge on any atom is 0.299 e. The minimum Gasteiger partial charge on any atom is -0.323 e. The van der Waals surface area contributed by atoms with Crippen molar-refractivity contribution < 1.29 is 4.79 Å². The van der Waals surface area contributed by atoms with E-state index in [0.717, 1.165) is 30.0 Å². The highest BCUT2D eigenvalue weighted by atomic mass is 32.1. The smallest absolute Gasteiger partial charge is 0.299 e. The van der Waals surface area contributed by atoms with Gasteiger partial charge in [-0.2, -0.15) is 0 Å². The summed E-state index contributed by atoms with van der Waals surface area (Å²) < 4.78 is 0. The van der Waals surface area contributed by atoms with Gasteiger partial charge in [0.2, 0.25) is 5.13 Å². The largest absolute Gasteiger partial charge is 0.323 e. The molecule has 0 spiro atoms. The molecule has 1 aliphatic rings. The van der Waals surface area contributed by atoms with Crippen LogP contribution >= 0.6 is 11.3 Å². The van der Waals surface area contributed by atoms with E-state index >= 15 is 0 Å². The molecule has 0 radical (unpaired) electrons. The number of hydrogen-bond acceptors (Lipinski definition) is 7. The first-order chi connectivity index (χ1) is 12.1. The molecule has 130 valence electrons. The fourth-order valence-corrected chi connectivity index (χ4v) is 3.54. The van der Waals surface area contributed by atoms with E-state index in [1.807, 2.05) is 24.8 Å². The number of carbonyl (C=O) groups excluding carboxylic acids is 1. The SMILES string of the molecule is CC#CC(=O)N1CCCCC1c1cc(Nc2nnc(C)s2)nc(C)n1. The maximum atomic E-state index is 12.3. The highest BCUT2D eigenvalue weighted by Gasteiger charge is 2.28. The quantitative estimate of drug-likeness (QED) is 0.852. The van der Waals surface area contributed by atoms with E-state index in [9.17, 15) is 4.79 Å². The van der Waals surface area contributed by atoms with Crippen LogP contribution in [-0.4, -0.2) is 37.5 Å². The van der Waals surface area contributed by atoms with Gasteiger partial charge in [-0.25, -0.2) is 9.97 Å². The fourth-order valence-electron chi connectivity index (χ4n) is 2.94. The van der Waals surface area contributed by atoms with Crippen LogP contribution < -0.4 is 5.32 Å². The van der Waals surface area contributed by atoms with Crippen molar-refractivity contribution in [3.63, 3.8) is 0 Å². The van der Waals surface area contributed by atoms with E-state index in [1.165, 1.54) is 11.3 Å². The molecule has 7 nitrogen and oxygen atoms in total. The van der Waals surface area contributed by atoms with Gasteiger partial charge in [0.25, 0.3) is 5.91 Å². The first-order valence-electron chi connectivity index (χ1n) is 8.23. The Hall–Kier alpha value is -2.53. The van der Waals surface area contributed by atoms with Crippen LogP contribution in [0.25, 0.3) is 0 Å². The number of carbonyl (C=O) groups is 1. The number of piperidine rings is 1. The Morgan fingerprint density at radius 1 is 1.32 bits per heavy atom. The average Bonchev–Trinajstić information content (AvgIpc) is 2.99. The third kappa shape index (κ3) is 4.12. The lowest BCUT2D eigenvalue weighted by Crippen LogP contribution is -2.38. The first-order valence-corrected chi connectivity index (χ1v) is 9.04. The second-order valence-corrected chi connectivity index (χ2v) is 7.04. The lowest BCUT2D eigenvalue weighted by atomic mass is 9.98. The Morgan fingerprint density at radius 3 is 2.88 bits per heavy atom. The predicted octanol–water partition coefficient (Wildman–Crippen LogP) is 2.77. The summed E-state index contributed by atoms with van der Waals surface area (Å²) in [6, 6.07) is 1.82. The van der Waals surface area contributed by atoms with Crippen LogP contribution in [0.3, 0.4) is 0 Å². The standard InChI is InChI=1S/C17H20N6OS/c1-4-7-16(24)23-9-6-5-8-14(23)13-10-15(19-11(2)18-13)20-17-22-21-12(3)25-17/h10,14H,5-6,8-9H2,1-3H3,(H,18,19,20,22). The van der Waals surface area contributed by atoms with Crippen molar-refractivity contribution >= 4 is 28.2 Å². The van der Waals surface area contributed by atoms with Crippen LogP contribution in [0.5, 0.6) is 0 Å². The molecule has 1 amide bonds. The minimum absolute atomic E-state index is 0.0690. The number of aryl methyl sites for hydroxylation is 2. The number of hydrogen-bond donors (Lipinski definition) is 1. The Kier molecular flexibility index (Phi) is 5.24. The van der Waals surface area contributed by atoms with Gasteiger partial charge in [-0.3, -0.25) is 4.79 Å². The normalized spacial score (nSPS) is 16.9. The number of amides is 1. The molecule has 0 aliphatic carbocycles. The van der Waals surface area contributed by atoms with E-state index in [2.05, 4.69) is 37.3 Å². The Labute approximate surface area is 150 Å². The van der Waals surface area contributed by atoms with E-state index in [4.69, 9.17) is 0 Å². The van der Waals surface area contributed by atoms with Gasteiger partial charge < -0.3 is 10.2 Å². The van der Waals surface area contributed by atoms with Crippen molar-refractivity contribution in [3.8, 4) is 11.8 Å². The summed E-state index contributed by atoms with van der Waals surface area (Å²) in [4.78, 5) is 23.1. The summed E-state index contributed by atoms with van der Waals surface area (Å²) in [5, 5.41) is 12.8. The number of nitrogens with zero attached hydrogens (tertiary/aromatic N) is 5. The Balaban J connectivity index is 1.89. The van der Waals surface area contributed by atoms with Gasteiger partial charge in [-0.05, 0) is 46.0 Å². The lowest BCUT2D eigenvalue weighted by molar-refractivity contribution is -0.128. The molecule has 1 unspecified atom stereocenters. The molecule has 3 heterocycles. The molecule has 0 bridgehead atoms. The van der Waals surface area contributed by atoms with Gasteiger partial charge in [0.15, 0.2) is 0 Å². The van der Waals surface area contributed by atoms with Crippen molar-refractivity contribution in [2.24, 2.45) is 0 Å². The van der Waals surface area contributed by atoms with Crippen molar-refractivity contribution in [2.75, 3.05) is 11.9 Å². The number of aromatic nitrogens is 4. The molecule has 8 heteroatoms. The van der Waals surface area contributed by atoms with Gasteiger partial charge in [-0.15, -0.1) is 10.2 Å². The summed E-state index contributed by atoms with van der Waals surface area (Å²) in [7, 11) is 0. The Bertz CT molecular complexity index is 837. The molecule has 2 aromatic heterocycles. The number of rotatable bonds is 3. The molecule has 1 atom stereocenters. The van der Waals surface area contributed by atoms with Gasteiger partial charge in [-0.1, -0.05) is 17.3 Å². The molecular formula is C17H20N6OS. The summed E-state index contributed by atoms with van der Waals surface area (Å²) in [6.07, 6.45) is 2.94. The van der Waals surface area contributed by atoms with Crippen molar-refractivity contribution in [1.82, 2.24) is 25.1 Å². The molecule has 1 aliphatic heterocycles. The zero-order chi connectivity index (χ0) is 17.8. The predicted molar refractivity (Wildman–Crippen MR) is 96.5 cm³/mol. The van der Waals surface area contributed by atoms with Crippen LogP contribution in [0.15, 0.2) is 6.07 Å². The maximum absolute atomic E-state index is 12.3. The Morgan fingerprint density at radius 2 is 2.16 bits per heavy atom. The molecule has 0 aromatic carbocycles. The first kappa shape index (κ1) is 17.3. The summed E-state index contributed by atoms with van der Waals surface area (Å²) in [5.41, 5.74) is 0.835. The number of likely N-dealkylation sites (tertiary alicyclic amines) is 1. The van der Waals surface area contributed by atoms with Crippen LogP contribution in [0.4, 0.5) is 10.9 Å². The van der Waals surface area contributed by atoms with Crippen molar-refractivity contribution in [1.29, 1.82) is 0 Å². The highest BCUT2D eigenvalue weighted by molar-refractivity contribution is 7.15. The highest BCUT2D eigenvalue weighted by Crippen LogP contribution is 2.31. The van der Waals surface area contributed by atoms with Gasteiger partial charge in [0.1, 0.15) is 16.6 Å². The number of nitrogens with one attached hydrogen (secondary N) is 1. The van der Waals surface area contributed by atoms with Gasteiger partial charge >= 0.3 is 0 Å².